The van der Waals surface area contributed by atoms with E-state index in [2.05, 4.69) is 15.2 Å². The van der Waals surface area contributed by atoms with Gasteiger partial charge in [-0.05, 0) is 68.2 Å². The van der Waals surface area contributed by atoms with Crippen LogP contribution < -0.4 is 10.0 Å². The van der Waals surface area contributed by atoms with Crippen LogP contribution in [0.15, 0.2) is 45.1 Å². The van der Waals surface area contributed by atoms with Crippen molar-refractivity contribution in [1.82, 2.24) is 5.16 Å². The van der Waals surface area contributed by atoms with Crippen LogP contribution in [0.5, 0.6) is 0 Å². The minimum Gasteiger partial charge on any atom is -0.354 e. The van der Waals surface area contributed by atoms with Crippen molar-refractivity contribution in [3.05, 3.63) is 58.3 Å². The maximum atomic E-state index is 12.7. The smallest absolute Gasteiger partial charge is 0.271 e. The van der Waals surface area contributed by atoms with Crippen LogP contribution in [0.1, 0.15) is 41.7 Å². The summed E-state index contributed by atoms with van der Waals surface area (Å²) in [5, 5.41) is 6.79. The number of nitrogens with one attached hydrogen (secondary N) is 2. The number of carbonyl (C=O) groups excluding carboxylic acids is 1. The standard InChI is InChI=1S/C22H23N3O4S2/c1-3-15-4-8-17(9-5-15)25-31(27,28)20-13-11-18(30-20)10-12-19-21(14(2)24-29-19)23-22(26)16-6-7-16/h4-5,8-13,16,25H,3,6-7H2,1-2H3,(H,23,26)/b12-10+. The number of carbonyl (C=O) groups is 1. The molecule has 1 fully saturated rings. The van der Waals surface area contributed by atoms with Gasteiger partial charge in [-0.15, -0.1) is 11.3 Å². The van der Waals surface area contributed by atoms with Crippen molar-refractivity contribution in [3.8, 4) is 0 Å². The molecule has 2 heterocycles. The van der Waals surface area contributed by atoms with Gasteiger partial charge in [-0.3, -0.25) is 9.52 Å². The van der Waals surface area contributed by atoms with E-state index < -0.39 is 10.0 Å². The van der Waals surface area contributed by atoms with Crippen molar-refractivity contribution in [2.24, 2.45) is 5.92 Å². The molecule has 2 N–H and O–H groups in total. The van der Waals surface area contributed by atoms with Crippen LogP contribution in [0.25, 0.3) is 12.2 Å². The van der Waals surface area contributed by atoms with Gasteiger partial charge >= 0.3 is 0 Å². The van der Waals surface area contributed by atoms with E-state index >= 15 is 0 Å². The zero-order valence-corrected chi connectivity index (χ0v) is 18.8. The number of sulfonamides is 1. The van der Waals surface area contributed by atoms with Gasteiger partial charge < -0.3 is 9.84 Å². The van der Waals surface area contributed by atoms with Crippen LogP contribution in [-0.4, -0.2) is 19.5 Å². The summed E-state index contributed by atoms with van der Waals surface area (Å²) in [6.07, 6.45) is 6.13. The van der Waals surface area contributed by atoms with E-state index in [1.54, 1.807) is 43.3 Å². The zero-order valence-electron chi connectivity index (χ0n) is 17.2. The fourth-order valence-electron chi connectivity index (χ4n) is 2.96. The van der Waals surface area contributed by atoms with Gasteiger partial charge in [0.2, 0.25) is 5.91 Å². The SMILES string of the molecule is CCc1ccc(NS(=O)(=O)c2ccc(/C=C/c3onc(C)c3NC(=O)C3CC3)s2)cc1. The highest BCUT2D eigenvalue weighted by Crippen LogP contribution is 2.32. The second-order valence-electron chi connectivity index (χ2n) is 7.42. The Labute approximate surface area is 185 Å². The third-order valence-corrected chi connectivity index (χ3v) is 7.89. The second kappa shape index (κ2) is 8.68. The molecule has 1 aliphatic carbocycles. The fourth-order valence-corrected chi connectivity index (χ4v) is 5.25. The molecule has 0 saturated heterocycles. The van der Waals surface area contributed by atoms with Gasteiger partial charge in [0.25, 0.3) is 10.0 Å². The molecule has 2 aromatic heterocycles. The lowest BCUT2D eigenvalue weighted by atomic mass is 10.2. The minimum absolute atomic E-state index is 0.0245. The molecular weight excluding hydrogens is 434 g/mol. The van der Waals surface area contributed by atoms with Crippen LogP contribution >= 0.6 is 11.3 Å². The lowest BCUT2D eigenvalue weighted by molar-refractivity contribution is -0.117. The molecule has 1 saturated carbocycles. The fraction of sp³-hybridized carbons (Fsp3) is 0.273. The van der Waals surface area contributed by atoms with E-state index in [0.29, 0.717) is 22.8 Å². The average Bonchev–Trinajstić information content (AvgIpc) is 3.40. The predicted octanol–water partition coefficient (Wildman–Crippen LogP) is 4.93. The molecule has 9 heteroatoms. The Morgan fingerprint density at radius 2 is 1.94 bits per heavy atom. The summed E-state index contributed by atoms with van der Waals surface area (Å²) in [5.74, 6) is 0.476. The number of rotatable bonds is 8. The Morgan fingerprint density at radius 3 is 2.61 bits per heavy atom. The number of benzene rings is 1. The van der Waals surface area contributed by atoms with E-state index in [1.165, 1.54) is 0 Å². The van der Waals surface area contributed by atoms with Gasteiger partial charge in [0.1, 0.15) is 15.6 Å². The summed E-state index contributed by atoms with van der Waals surface area (Å²) in [6, 6.07) is 10.6. The first-order chi connectivity index (χ1) is 14.9. The molecule has 1 aromatic carbocycles. The number of amides is 1. The Morgan fingerprint density at radius 1 is 1.19 bits per heavy atom. The van der Waals surface area contributed by atoms with Crippen molar-refractivity contribution >= 4 is 50.8 Å². The summed E-state index contributed by atoms with van der Waals surface area (Å²) in [7, 11) is -3.68. The maximum Gasteiger partial charge on any atom is 0.271 e. The van der Waals surface area contributed by atoms with Gasteiger partial charge in [0, 0.05) is 16.5 Å². The Balaban J connectivity index is 1.47. The van der Waals surface area contributed by atoms with Crippen LogP contribution in [0.3, 0.4) is 0 Å². The Kier molecular flexibility index (Phi) is 5.97. The number of anilines is 2. The van der Waals surface area contributed by atoms with Gasteiger partial charge in [-0.25, -0.2) is 8.42 Å². The highest BCUT2D eigenvalue weighted by molar-refractivity contribution is 7.94. The lowest BCUT2D eigenvalue weighted by Gasteiger charge is -2.06. The number of thiophene rings is 1. The highest BCUT2D eigenvalue weighted by Gasteiger charge is 2.30. The highest BCUT2D eigenvalue weighted by atomic mass is 32.2. The number of hydrogen-bond acceptors (Lipinski definition) is 6. The average molecular weight is 458 g/mol. The normalized spacial score (nSPS) is 14.1. The van der Waals surface area contributed by atoms with Crippen LogP contribution in [0, 0.1) is 12.8 Å². The summed E-state index contributed by atoms with van der Waals surface area (Å²) in [5.41, 5.74) is 2.81. The van der Waals surface area contributed by atoms with E-state index in [1.807, 2.05) is 19.1 Å². The van der Waals surface area contributed by atoms with Crippen molar-refractivity contribution in [2.45, 2.75) is 37.3 Å². The number of aryl methyl sites for hydroxylation is 2. The Bertz CT molecular complexity index is 1220. The van der Waals surface area contributed by atoms with Gasteiger partial charge in [-0.2, -0.15) is 0 Å². The van der Waals surface area contributed by atoms with Crippen molar-refractivity contribution in [1.29, 1.82) is 0 Å². The molecule has 4 rings (SSSR count). The Hall–Kier alpha value is -2.91. The van der Waals surface area contributed by atoms with Crippen molar-refractivity contribution < 1.29 is 17.7 Å². The third kappa shape index (κ3) is 5.05. The second-order valence-corrected chi connectivity index (χ2v) is 10.4. The zero-order chi connectivity index (χ0) is 22.0. The molecule has 7 nitrogen and oxygen atoms in total. The first-order valence-corrected chi connectivity index (χ1v) is 12.3. The van der Waals surface area contributed by atoms with Crippen molar-refractivity contribution in [2.75, 3.05) is 10.0 Å². The first-order valence-electron chi connectivity index (χ1n) is 10.0. The number of aromatic nitrogens is 1. The number of hydrogen-bond donors (Lipinski definition) is 2. The predicted molar refractivity (Wildman–Crippen MR) is 122 cm³/mol. The van der Waals surface area contributed by atoms with Crippen LogP contribution in [-0.2, 0) is 21.2 Å². The molecule has 0 unspecified atom stereocenters. The minimum atomic E-state index is -3.68. The van der Waals surface area contributed by atoms with Gasteiger partial charge in [0.05, 0.1) is 0 Å². The third-order valence-electron chi connectivity index (χ3n) is 4.97. The lowest BCUT2D eigenvalue weighted by Crippen LogP contribution is -2.14. The van der Waals surface area contributed by atoms with Crippen molar-refractivity contribution in [3.63, 3.8) is 0 Å². The summed E-state index contributed by atoms with van der Waals surface area (Å²) in [6.45, 7) is 3.81. The maximum absolute atomic E-state index is 12.7. The van der Waals surface area contributed by atoms with E-state index in [0.717, 1.165) is 41.0 Å². The molecule has 0 atom stereocenters. The largest absolute Gasteiger partial charge is 0.354 e. The van der Waals surface area contributed by atoms with Crippen LogP contribution in [0.4, 0.5) is 11.4 Å². The summed E-state index contributed by atoms with van der Waals surface area (Å²) in [4.78, 5) is 12.8. The molecule has 0 spiro atoms. The molecule has 3 aromatic rings. The first kappa shape index (κ1) is 21.3. The number of nitrogens with zero attached hydrogens (tertiary/aromatic N) is 1. The quantitative estimate of drug-likeness (QED) is 0.500. The molecule has 1 aliphatic rings. The summed E-state index contributed by atoms with van der Waals surface area (Å²) < 4.78 is 33.5. The topological polar surface area (TPSA) is 101 Å². The van der Waals surface area contributed by atoms with E-state index in [9.17, 15) is 13.2 Å². The molecule has 31 heavy (non-hydrogen) atoms. The molecule has 1 amide bonds. The van der Waals surface area contributed by atoms with E-state index in [4.69, 9.17) is 4.52 Å². The molecule has 0 radical (unpaired) electrons. The van der Waals surface area contributed by atoms with Gasteiger partial charge in [-0.1, -0.05) is 24.2 Å². The molecule has 162 valence electrons. The summed E-state index contributed by atoms with van der Waals surface area (Å²) >= 11 is 1.14. The van der Waals surface area contributed by atoms with Crippen LogP contribution in [0.2, 0.25) is 0 Å². The molecular formula is C22H23N3O4S2. The monoisotopic (exact) mass is 457 g/mol. The molecule has 0 aliphatic heterocycles. The van der Waals surface area contributed by atoms with E-state index in [-0.39, 0.29) is 16.0 Å². The molecule has 0 bridgehead atoms. The van der Waals surface area contributed by atoms with Gasteiger partial charge in [0.15, 0.2) is 5.76 Å².